The minimum absolute atomic E-state index is 0.372. The summed E-state index contributed by atoms with van der Waals surface area (Å²) in [7, 11) is 0. The van der Waals surface area contributed by atoms with Crippen LogP contribution < -0.4 is 10.6 Å². The van der Waals surface area contributed by atoms with E-state index >= 15 is 0 Å². The van der Waals surface area contributed by atoms with Crippen molar-refractivity contribution in [2.75, 3.05) is 11.9 Å². The van der Waals surface area contributed by atoms with E-state index in [2.05, 4.69) is 24.5 Å². The highest BCUT2D eigenvalue weighted by Gasteiger charge is 2.39. The van der Waals surface area contributed by atoms with E-state index in [0.29, 0.717) is 23.7 Å². The van der Waals surface area contributed by atoms with Crippen molar-refractivity contribution in [2.45, 2.75) is 45.4 Å². The van der Waals surface area contributed by atoms with Gasteiger partial charge >= 0.3 is 0 Å². The molecule has 23 heavy (non-hydrogen) atoms. The van der Waals surface area contributed by atoms with Crippen molar-refractivity contribution < 1.29 is 14.4 Å². The maximum Gasteiger partial charge on any atom is 0.288 e. The molecule has 124 valence electrons. The highest BCUT2D eigenvalue weighted by molar-refractivity contribution is 6.44. The van der Waals surface area contributed by atoms with E-state index in [-0.39, 0.29) is 0 Å². The third-order valence-corrected chi connectivity index (χ3v) is 4.37. The molecule has 1 aliphatic rings. The molecule has 0 fully saturated rings. The fourth-order valence-electron chi connectivity index (χ4n) is 2.87. The van der Waals surface area contributed by atoms with Crippen LogP contribution in [-0.4, -0.2) is 24.1 Å². The van der Waals surface area contributed by atoms with E-state index in [1.54, 1.807) is 24.3 Å². The van der Waals surface area contributed by atoms with Crippen LogP contribution in [0.3, 0.4) is 0 Å². The van der Waals surface area contributed by atoms with Gasteiger partial charge in [-0.05, 0) is 24.0 Å². The number of amides is 2. The number of para-hydroxylation sites is 1. The summed E-state index contributed by atoms with van der Waals surface area (Å²) in [4.78, 5) is 36.5. The van der Waals surface area contributed by atoms with Crippen LogP contribution in [0.15, 0.2) is 24.3 Å². The van der Waals surface area contributed by atoms with Crippen LogP contribution in [0.2, 0.25) is 0 Å². The quantitative estimate of drug-likeness (QED) is 0.572. The smallest absolute Gasteiger partial charge is 0.288 e. The lowest BCUT2D eigenvalue weighted by Crippen LogP contribution is -2.39. The molecule has 0 aromatic heterocycles. The number of benzene rings is 1. The van der Waals surface area contributed by atoms with Crippen LogP contribution in [-0.2, 0) is 14.4 Å². The zero-order valence-electron chi connectivity index (χ0n) is 13.7. The molecule has 0 unspecified atom stereocenters. The van der Waals surface area contributed by atoms with E-state index in [1.807, 2.05) is 0 Å². The van der Waals surface area contributed by atoms with Gasteiger partial charge in [-0.15, -0.1) is 0 Å². The molecule has 1 aromatic rings. The molecule has 0 radical (unpaired) electrons. The van der Waals surface area contributed by atoms with Crippen LogP contribution in [0.1, 0.15) is 51.0 Å². The minimum atomic E-state index is -1.03. The number of hydrogen-bond acceptors (Lipinski definition) is 3. The Kier molecular flexibility index (Phi) is 5.90. The number of hydrogen-bond donors (Lipinski definition) is 2. The summed E-state index contributed by atoms with van der Waals surface area (Å²) in [5.41, 5.74) is 1.19. The Hall–Kier alpha value is -2.17. The van der Waals surface area contributed by atoms with Gasteiger partial charge in [0.25, 0.3) is 5.91 Å². The minimum Gasteiger partial charge on any atom is -0.349 e. The van der Waals surface area contributed by atoms with Gasteiger partial charge in [0.15, 0.2) is 0 Å². The van der Waals surface area contributed by atoms with Crippen molar-refractivity contribution >= 4 is 23.3 Å². The Morgan fingerprint density at radius 3 is 2.70 bits per heavy atom. The largest absolute Gasteiger partial charge is 0.349 e. The number of rotatable bonds is 8. The van der Waals surface area contributed by atoms with Crippen molar-refractivity contribution in [1.82, 2.24) is 5.32 Å². The summed E-state index contributed by atoms with van der Waals surface area (Å²) >= 11 is 0. The highest BCUT2D eigenvalue weighted by Crippen LogP contribution is 2.32. The predicted molar refractivity (Wildman–Crippen MR) is 89.1 cm³/mol. The number of Topliss-reactive ketones (excluding diaryl/α,β-unsaturated/α-hetero) is 1. The van der Waals surface area contributed by atoms with Gasteiger partial charge in [-0.3, -0.25) is 14.4 Å². The lowest BCUT2D eigenvalue weighted by molar-refractivity contribution is -0.140. The summed E-state index contributed by atoms with van der Waals surface area (Å²) < 4.78 is 0. The Labute approximate surface area is 136 Å². The summed E-state index contributed by atoms with van der Waals surface area (Å²) in [5.74, 6) is -2.43. The van der Waals surface area contributed by atoms with Crippen molar-refractivity contribution in [1.29, 1.82) is 0 Å². The van der Waals surface area contributed by atoms with Gasteiger partial charge in [0.2, 0.25) is 11.7 Å². The van der Waals surface area contributed by atoms with Crippen LogP contribution in [0.25, 0.3) is 0 Å². The Morgan fingerprint density at radius 1 is 1.26 bits per heavy atom. The first-order valence-corrected chi connectivity index (χ1v) is 8.30. The monoisotopic (exact) mass is 316 g/mol. The van der Waals surface area contributed by atoms with Gasteiger partial charge in [-0.1, -0.05) is 51.3 Å². The van der Waals surface area contributed by atoms with Crippen LogP contribution in [0.4, 0.5) is 5.69 Å². The molecule has 1 heterocycles. The molecule has 0 aliphatic carbocycles. The second-order valence-corrected chi connectivity index (χ2v) is 6.00. The molecule has 2 N–H and O–H groups in total. The molecule has 5 nitrogen and oxygen atoms in total. The Balaban J connectivity index is 1.97. The lowest BCUT2D eigenvalue weighted by atomic mass is 9.95. The van der Waals surface area contributed by atoms with Gasteiger partial charge in [-0.2, -0.15) is 0 Å². The van der Waals surface area contributed by atoms with E-state index in [4.69, 9.17) is 0 Å². The number of fused-ring (bicyclic) bond motifs is 1. The number of anilines is 1. The molecule has 0 spiro atoms. The van der Waals surface area contributed by atoms with E-state index in [1.165, 1.54) is 0 Å². The number of unbranched alkanes of at least 4 members (excludes halogenated alkanes) is 1. The van der Waals surface area contributed by atoms with Gasteiger partial charge in [-0.25, -0.2) is 0 Å². The number of ketones is 1. The molecule has 2 rings (SSSR count). The maximum atomic E-state index is 12.4. The third kappa shape index (κ3) is 3.97. The Morgan fingerprint density at radius 2 is 2.00 bits per heavy atom. The van der Waals surface area contributed by atoms with Gasteiger partial charge < -0.3 is 10.6 Å². The van der Waals surface area contributed by atoms with Gasteiger partial charge in [0.05, 0.1) is 0 Å². The van der Waals surface area contributed by atoms with Crippen LogP contribution in [0, 0.1) is 5.92 Å². The molecule has 0 saturated heterocycles. The van der Waals surface area contributed by atoms with Gasteiger partial charge in [0.1, 0.15) is 5.92 Å². The lowest BCUT2D eigenvalue weighted by Gasteiger charge is -2.15. The molecule has 5 heteroatoms. The second-order valence-electron chi connectivity index (χ2n) is 6.00. The molecule has 2 amide bonds. The van der Waals surface area contributed by atoms with Crippen LogP contribution >= 0.6 is 0 Å². The first-order valence-electron chi connectivity index (χ1n) is 8.30. The van der Waals surface area contributed by atoms with E-state index in [9.17, 15) is 14.4 Å². The number of carbonyl (C=O) groups is 3. The fraction of sp³-hybridized carbons (Fsp3) is 0.500. The first kappa shape index (κ1) is 17.2. The predicted octanol–water partition coefficient (Wildman–Crippen LogP) is 2.62. The third-order valence-electron chi connectivity index (χ3n) is 4.37. The average Bonchev–Trinajstić information content (AvgIpc) is 2.89. The normalized spacial score (nSPS) is 17.3. The standard InChI is InChI=1S/C18H24N2O3/c1-3-5-8-12(4-2)11-19-18(23)16(21)15-13-9-6-7-10-14(13)20-17(15)22/h6-7,9-10,12,15H,3-5,8,11H2,1-2H3,(H,19,23)(H,20,22)/t12-,15+/m0/s1. The summed E-state index contributed by atoms with van der Waals surface area (Å²) in [6, 6.07) is 6.98. The number of carbonyl (C=O) groups excluding carboxylic acids is 3. The first-order chi connectivity index (χ1) is 11.1. The van der Waals surface area contributed by atoms with Crippen molar-refractivity contribution in [3.63, 3.8) is 0 Å². The fourth-order valence-corrected chi connectivity index (χ4v) is 2.87. The summed E-state index contributed by atoms with van der Waals surface area (Å²) in [6.07, 6.45) is 4.22. The molecule has 2 atom stereocenters. The molecular formula is C18H24N2O3. The zero-order chi connectivity index (χ0) is 16.8. The van der Waals surface area contributed by atoms with E-state index < -0.39 is 23.5 Å². The topological polar surface area (TPSA) is 75.3 Å². The molecular weight excluding hydrogens is 292 g/mol. The SMILES string of the molecule is CCCC[C@H](CC)CNC(=O)C(=O)[C@@H]1C(=O)Nc2ccccc21. The molecule has 0 bridgehead atoms. The number of nitrogens with one attached hydrogen (secondary N) is 2. The average molecular weight is 316 g/mol. The molecule has 1 aromatic carbocycles. The maximum absolute atomic E-state index is 12.4. The molecule has 1 aliphatic heterocycles. The zero-order valence-corrected chi connectivity index (χ0v) is 13.7. The van der Waals surface area contributed by atoms with Crippen molar-refractivity contribution in [3.8, 4) is 0 Å². The van der Waals surface area contributed by atoms with E-state index in [0.717, 1.165) is 25.7 Å². The highest BCUT2D eigenvalue weighted by atomic mass is 16.2. The summed E-state index contributed by atoms with van der Waals surface area (Å²) in [5, 5.41) is 5.35. The van der Waals surface area contributed by atoms with Crippen molar-refractivity contribution in [3.05, 3.63) is 29.8 Å². The van der Waals surface area contributed by atoms with Crippen LogP contribution in [0.5, 0.6) is 0 Å². The Bertz CT molecular complexity index is 598. The second kappa shape index (κ2) is 7.90. The van der Waals surface area contributed by atoms with Gasteiger partial charge in [0, 0.05) is 12.2 Å². The molecule has 0 saturated carbocycles. The van der Waals surface area contributed by atoms with Crippen molar-refractivity contribution in [2.24, 2.45) is 5.92 Å². The summed E-state index contributed by atoms with van der Waals surface area (Å²) in [6.45, 7) is 4.69.